The van der Waals surface area contributed by atoms with Gasteiger partial charge in [-0.2, -0.15) is 0 Å². The number of rotatable bonds is 5. The fourth-order valence-corrected chi connectivity index (χ4v) is 2.57. The summed E-state index contributed by atoms with van der Waals surface area (Å²) in [5.74, 6) is -0.391. The van der Waals surface area contributed by atoms with Crippen molar-refractivity contribution in [2.45, 2.75) is 19.4 Å². The summed E-state index contributed by atoms with van der Waals surface area (Å²) < 4.78 is 5.11. The maximum atomic E-state index is 12.3. The fourth-order valence-electron chi connectivity index (χ4n) is 2.33. The second-order valence-corrected chi connectivity index (χ2v) is 5.12. The highest BCUT2D eigenvalue weighted by Gasteiger charge is 2.32. The molecule has 1 aromatic rings. The van der Waals surface area contributed by atoms with Crippen molar-refractivity contribution < 1.29 is 19.7 Å². The largest absolute Gasteiger partial charge is 0.508 e. The van der Waals surface area contributed by atoms with Crippen LogP contribution in [0.1, 0.15) is 24.9 Å². The lowest BCUT2D eigenvalue weighted by atomic mass is 9.94. The minimum Gasteiger partial charge on any atom is -0.508 e. The topological polar surface area (TPSA) is 90.8 Å². The maximum absolute atomic E-state index is 12.3. The molecule has 0 aliphatic carbocycles. The minimum atomic E-state index is -0.540. The van der Waals surface area contributed by atoms with Crippen LogP contribution in [0.25, 0.3) is 0 Å². The molecule has 4 N–H and O–H groups in total. The predicted molar refractivity (Wildman–Crippen MR) is 85.1 cm³/mol. The van der Waals surface area contributed by atoms with E-state index in [4.69, 9.17) is 17.0 Å². The van der Waals surface area contributed by atoms with E-state index in [-0.39, 0.29) is 25.4 Å². The lowest BCUT2D eigenvalue weighted by Gasteiger charge is -2.31. The average Bonchev–Trinajstić information content (AvgIpc) is 2.47. The van der Waals surface area contributed by atoms with Crippen LogP contribution in [-0.4, -0.2) is 34.5 Å². The number of carbonyl (C=O) groups excluding carboxylic acids is 1. The van der Waals surface area contributed by atoms with Crippen LogP contribution in [0.4, 0.5) is 0 Å². The Bertz CT molecular complexity index is 615. The molecule has 22 heavy (non-hydrogen) atoms. The summed E-state index contributed by atoms with van der Waals surface area (Å²) in [7, 11) is 0. The van der Waals surface area contributed by atoms with E-state index in [9.17, 15) is 15.0 Å². The van der Waals surface area contributed by atoms with Crippen LogP contribution in [0.2, 0.25) is 0 Å². The molecule has 0 saturated heterocycles. The third kappa shape index (κ3) is 3.55. The number of hydrogen-bond acceptors (Lipinski definition) is 5. The molecule has 2 rings (SSSR count). The Morgan fingerprint density at radius 3 is 2.86 bits per heavy atom. The van der Waals surface area contributed by atoms with Crippen molar-refractivity contribution in [1.82, 2.24) is 10.6 Å². The van der Waals surface area contributed by atoms with Gasteiger partial charge in [-0.05, 0) is 36.8 Å². The molecular formula is C15H18N2O4S. The number of aliphatic hydroxyl groups excluding tert-OH is 1. The monoisotopic (exact) mass is 322 g/mol. The van der Waals surface area contributed by atoms with Gasteiger partial charge in [0.2, 0.25) is 0 Å². The van der Waals surface area contributed by atoms with Crippen LogP contribution in [0.5, 0.6) is 5.75 Å². The quantitative estimate of drug-likeness (QED) is 0.477. The number of thiocarbonyl (C=S) groups is 1. The normalized spacial score (nSPS) is 17.7. The highest BCUT2D eigenvalue weighted by atomic mass is 32.1. The van der Waals surface area contributed by atoms with Crippen molar-refractivity contribution in [3.63, 3.8) is 0 Å². The Morgan fingerprint density at radius 1 is 1.45 bits per heavy atom. The zero-order chi connectivity index (χ0) is 16.1. The zero-order valence-electron chi connectivity index (χ0n) is 12.1. The summed E-state index contributed by atoms with van der Waals surface area (Å²) in [6.07, 6.45) is 0.255. The van der Waals surface area contributed by atoms with E-state index < -0.39 is 12.0 Å². The van der Waals surface area contributed by atoms with Crippen molar-refractivity contribution in [3.05, 3.63) is 41.1 Å². The molecule has 1 aliphatic heterocycles. The molecule has 1 aromatic carbocycles. The summed E-state index contributed by atoms with van der Waals surface area (Å²) >= 11 is 5.16. The maximum Gasteiger partial charge on any atom is 0.338 e. The average molecular weight is 322 g/mol. The van der Waals surface area contributed by atoms with Gasteiger partial charge < -0.3 is 25.6 Å². The standard InChI is InChI=1S/C15H18N2O4S/c1-2-21-14(20)12-11(6-7-18)16-15(22)17-13(12)9-4-3-5-10(19)8-9/h3-5,8,13,18-19H,2,6-7H2,1H3,(H2,16,17,22). The third-order valence-corrected chi connectivity index (χ3v) is 3.43. The van der Waals surface area contributed by atoms with Gasteiger partial charge in [-0.3, -0.25) is 0 Å². The first-order chi connectivity index (χ1) is 10.6. The number of hydrogen-bond donors (Lipinski definition) is 4. The second-order valence-electron chi connectivity index (χ2n) is 4.71. The van der Waals surface area contributed by atoms with Crippen molar-refractivity contribution in [1.29, 1.82) is 0 Å². The number of ether oxygens (including phenoxy) is 1. The van der Waals surface area contributed by atoms with E-state index in [0.29, 0.717) is 21.9 Å². The van der Waals surface area contributed by atoms with Gasteiger partial charge in [0.25, 0.3) is 0 Å². The van der Waals surface area contributed by atoms with Gasteiger partial charge in [0.15, 0.2) is 5.11 Å². The number of phenolic OH excluding ortho intramolecular Hbond substituents is 1. The van der Waals surface area contributed by atoms with Gasteiger partial charge in [0, 0.05) is 18.7 Å². The Hall–Kier alpha value is -2.12. The molecule has 0 bridgehead atoms. The zero-order valence-corrected chi connectivity index (χ0v) is 12.9. The highest BCUT2D eigenvalue weighted by molar-refractivity contribution is 7.80. The van der Waals surface area contributed by atoms with Crippen molar-refractivity contribution in [2.24, 2.45) is 0 Å². The first kappa shape index (κ1) is 16.3. The molecule has 1 atom stereocenters. The molecule has 0 amide bonds. The van der Waals surface area contributed by atoms with Crippen LogP contribution >= 0.6 is 12.2 Å². The first-order valence-electron chi connectivity index (χ1n) is 6.94. The van der Waals surface area contributed by atoms with E-state index in [2.05, 4.69) is 10.6 Å². The second kappa shape index (κ2) is 7.24. The Morgan fingerprint density at radius 2 is 2.23 bits per heavy atom. The number of phenols is 1. The molecule has 0 spiro atoms. The van der Waals surface area contributed by atoms with Gasteiger partial charge in [-0.15, -0.1) is 0 Å². The SMILES string of the molecule is CCOC(=O)C1=C(CCO)NC(=S)NC1c1cccc(O)c1. The lowest BCUT2D eigenvalue weighted by Crippen LogP contribution is -2.46. The number of esters is 1. The van der Waals surface area contributed by atoms with Crippen molar-refractivity contribution in [3.8, 4) is 5.75 Å². The van der Waals surface area contributed by atoms with E-state index in [1.165, 1.54) is 0 Å². The van der Waals surface area contributed by atoms with Gasteiger partial charge >= 0.3 is 5.97 Å². The van der Waals surface area contributed by atoms with Crippen LogP contribution in [0.3, 0.4) is 0 Å². The van der Waals surface area contributed by atoms with Gasteiger partial charge in [-0.25, -0.2) is 4.79 Å². The Labute approximate surface area is 133 Å². The first-order valence-corrected chi connectivity index (χ1v) is 7.35. The summed E-state index contributed by atoms with van der Waals surface area (Å²) in [5.41, 5.74) is 1.57. The molecule has 0 radical (unpaired) electrons. The van der Waals surface area contributed by atoms with Crippen LogP contribution in [0.15, 0.2) is 35.5 Å². The summed E-state index contributed by atoms with van der Waals surface area (Å²) in [5, 5.41) is 25.1. The number of aliphatic hydroxyl groups is 1. The van der Waals surface area contributed by atoms with Gasteiger partial charge in [-0.1, -0.05) is 12.1 Å². The molecule has 118 valence electrons. The third-order valence-electron chi connectivity index (χ3n) is 3.21. The van der Waals surface area contributed by atoms with E-state index in [1.54, 1.807) is 31.2 Å². The minimum absolute atomic E-state index is 0.0932. The Kier molecular flexibility index (Phi) is 5.35. The Balaban J connectivity index is 2.49. The van der Waals surface area contributed by atoms with Crippen molar-refractivity contribution >= 4 is 23.3 Å². The summed E-state index contributed by atoms with van der Waals surface area (Å²) in [6.45, 7) is 1.84. The van der Waals surface area contributed by atoms with Crippen LogP contribution in [-0.2, 0) is 9.53 Å². The lowest BCUT2D eigenvalue weighted by molar-refractivity contribution is -0.139. The van der Waals surface area contributed by atoms with Crippen LogP contribution < -0.4 is 10.6 Å². The smallest absolute Gasteiger partial charge is 0.338 e. The molecule has 1 heterocycles. The molecule has 0 aromatic heterocycles. The molecule has 1 unspecified atom stereocenters. The van der Waals surface area contributed by atoms with E-state index in [1.807, 2.05) is 0 Å². The van der Waals surface area contributed by atoms with Gasteiger partial charge in [0.05, 0.1) is 18.2 Å². The molecule has 1 aliphatic rings. The van der Waals surface area contributed by atoms with E-state index >= 15 is 0 Å². The van der Waals surface area contributed by atoms with Crippen LogP contribution in [0, 0.1) is 0 Å². The summed E-state index contributed by atoms with van der Waals surface area (Å²) in [6, 6.07) is 6.03. The molecule has 0 saturated carbocycles. The number of benzene rings is 1. The van der Waals surface area contributed by atoms with E-state index in [0.717, 1.165) is 0 Å². The fraction of sp³-hybridized carbons (Fsp3) is 0.333. The number of aromatic hydroxyl groups is 1. The predicted octanol–water partition coefficient (Wildman–Crippen LogP) is 1.11. The summed E-state index contributed by atoms with van der Waals surface area (Å²) in [4.78, 5) is 12.3. The number of carbonyl (C=O) groups is 1. The van der Waals surface area contributed by atoms with Crippen molar-refractivity contribution in [2.75, 3.05) is 13.2 Å². The molecular weight excluding hydrogens is 304 g/mol. The molecule has 0 fully saturated rings. The highest BCUT2D eigenvalue weighted by Crippen LogP contribution is 2.30. The van der Waals surface area contributed by atoms with Gasteiger partial charge in [0.1, 0.15) is 5.75 Å². The number of nitrogens with one attached hydrogen (secondary N) is 2. The molecule has 7 heteroatoms. The molecule has 6 nitrogen and oxygen atoms in total.